The molecule has 1 amide bonds. The van der Waals surface area contributed by atoms with E-state index < -0.39 is 28.1 Å². The van der Waals surface area contributed by atoms with Crippen LogP contribution in [0.25, 0.3) is 0 Å². The summed E-state index contributed by atoms with van der Waals surface area (Å²) in [6.45, 7) is 3.20. The summed E-state index contributed by atoms with van der Waals surface area (Å²) in [5.41, 5.74) is 9.17. The lowest BCUT2D eigenvalue weighted by molar-refractivity contribution is -0.128. The number of piperidine rings is 2. The summed E-state index contributed by atoms with van der Waals surface area (Å²) >= 11 is 0. The van der Waals surface area contributed by atoms with Gasteiger partial charge in [0, 0.05) is 38.5 Å². The van der Waals surface area contributed by atoms with E-state index in [0.29, 0.717) is 19.5 Å². The average Bonchev–Trinajstić information content (AvgIpc) is 3.02. The van der Waals surface area contributed by atoms with E-state index in [1.807, 2.05) is 0 Å². The van der Waals surface area contributed by atoms with Gasteiger partial charge >= 0.3 is 0 Å². The zero-order valence-electron chi connectivity index (χ0n) is 17.4. The normalized spacial score (nSPS) is 41.4. The lowest BCUT2D eigenvalue weighted by Crippen LogP contribution is -2.64. The van der Waals surface area contributed by atoms with Crippen molar-refractivity contribution >= 4 is 15.7 Å². The molecule has 4 rings (SSSR count). The number of carbonyl (C=O) groups is 1. The van der Waals surface area contributed by atoms with Gasteiger partial charge in [-0.15, -0.1) is 0 Å². The van der Waals surface area contributed by atoms with Crippen LogP contribution in [0.5, 0.6) is 0 Å². The molecule has 172 valence electrons. The van der Waals surface area contributed by atoms with Gasteiger partial charge in [0.25, 0.3) is 0 Å². The molecule has 4 aliphatic heterocycles. The summed E-state index contributed by atoms with van der Waals surface area (Å²) in [5.74, 6) is -0.701. The van der Waals surface area contributed by atoms with E-state index in [1.165, 1.54) is 6.26 Å². The number of fused-ring (bicyclic) bond motifs is 1. The molecule has 7 atom stereocenters. The van der Waals surface area contributed by atoms with Crippen LogP contribution in [-0.4, -0.2) is 106 Å². The number of amides is 1. The number of nitrogens with two attached hydrogens (primary N) is 1. The number of rotatable bonds is 4. The predicted molar refractivity (Wildman–Crippen MR) is 111 cm³/mol. The van der Waals surface area contributed by atoms with Crippen molar-refractivity contribution in [2.75, 3.05) is 45.5 Å². The highest BCUT2D eigenvalue weighted by molar-refractivity contribution is 7.91. The molecule has 0 aromatic carbocycles. The van der Waals surface area contributed by atoms with Crippen molar-refractivity contribution in [1.29, 1.82) is 0 Å². The highest BCUT2D eigenvalue weighted by atomic mass is 32.2. The first-order valence-electron chi connectivity index (χ1n) is 10.8. The molecule has 12 heteroatoms. The van der Waals surface area contributed by atoms with Crippen molar-refractivity contribution in [2.24, 2.45) is 11.7 Å². The molecule has 10 nitrogen and oxygen atoms in total. The van der Waals surface area contributed by atoms with E-state index in [2.05, 4.69) is 26.3 Å². The van der Waals surface area contributed by atoms with Crippen LogP contribution in [0.2, 0.25) is 0 Å². The Morgan fingerprint density at radius 2 is 2.03 bits per heavy atom. The maximum atomic E-state index is 13.7. The molecule has 0 bridgehead atoms. The molecule has 4 aliphatic rings. The largest absolute Gasteiger partial charge is 0.350 e. The predicted octanol–water partition coefficient (Wildman–Crippen LogP) is -2.67. The topological polar surface area (TPSA) is 132 Å². The minimum atomic E-state index is -3.09. The van der Waals surface area contributed by atoms with E-state index in [1.54, 1.807) is 5.01 Å². The minimum absolute atomic E-state index is 0.0796. The zero-order chi connectivity index (χ0) is 21.5. The monoisotopic (exact) mass is 447 g/mol. The van der Waals surface area contributed by atoms with Gasteiger partial charge in [0.1, 0.15) is 6.17 Å². The number of hydrogen-bond acceptors (Lipinski definition) is 9. The van der Waals surface area contributed by atoms with E-state index >= 15 is 0 Å². The second-order valence-electron chi connectivity index (χ2n) is 9.05. The van der Waals surface area contributed by atoms with Gasteiger partial charge in [-0.25, -0.2) is 23.2 Å². The lowest BCUT2D eigenvalue weighted by atomic mass is 9.94. The smallest absolute Gasteiger partial charge is 0.229 e. The third-order valence-corrected chi connectivity index (χ3v) is 8.48. The lowest BCUT2D eigenvalue weighted by Gasteiger charge is -2.44. The molecular weight excluding hydrogens is 413 g/mol. The van der Waals surface area contributed by atoms with Crippen molar-refractivity contribution < 1.29 is 17.6 Å². The first-order valence-corrected chi connectivity index (χ1v) is 12.8. The molecule has 0 saturated carbocycles. The highest BCUT2D eigenvalue weighted by Gasteiger charge is 2.48. The van der Waals surface area contributed by atoms with E-state index in [-0.39, 0.29) is 42.5 Å². The Hall–Kier alpha value is -0.890. The summed E-state index contributed by atoms with van der Waals surface area (Å²) in [6.07, 6.45) is 1.75. The number of sulfone groups is 1. The van der Waals surface area contributed by atoms with Gasteiger partial charge in [0.2, 0.25) is 5.91 Å². The number of halogens is 1. The molecule has 4 saturated heterocycles. The maximum absolute atomic E-state index is 13.7. The Bertz CT molecular complexity index is 741. The molecule has 0 aromatic heterocycles. The van der Waals surface area contributed by atoms with E-state index in [4.69, 9.17) is 5.73 Å². The van der Waals surface area contributed by atoms with Gasteiger partial charge in [0.15, 0.2) is 9.84 Å². The average molecular weight is 448 g/mol. The standard InChI is InChI=1S/C18H34FN7O3S/c1-30(28,29)12-3-2-6-25(10-12)14-4-5-21-8-13(14)23-18(27)15-16(20)24-26-9-11(19)7-22-17(15)26/h11-17,21-22,24H,2-10,20H2,1H3,(H,23,27). The van der Waals surface area contributed by atoms with Crippen molar-refractivity contribution in [2.45, 2.75) is 55.1 Å². The second kappa shape index (κ2) is 8.93. The fourth-order valence-electron chi connectivity index (χ4n) is 5.30. The highest BCUT2D eigenvalue weighted by Crippen LogP contribution is 2.25. The van der Waals surface area contributed by atoms with Crippen LogP contribution in [-0.2, 0) is 14.6 Å². The van der Waals surface area contributed by atoms with Crippen molar-refractivity contribution in [1.82, 2.24) is 31.3 Å². The van der Waals surface area contributed by atoms with E-state index in [0.717, 1.165) is 25.9 Å². The Kier molecular flexibility index (Phi) is 6.64. The van der Waals surface area contributed by atoms with Gasteiger partial charge in [-0.1, -0.05) is 0 Å². The quantitative estimate of drug-likeness (QED) is 0.313. The molecule has 30 heavy (non-hydrogen) atoms. The molecule has 0 spiro atoms. The number of likely N-dealkylation sites (tertiary alicyclic amines) is 1. The number of alkyl halides is 1. The zero-order valence-corrected chi connectivity index (χ0v) is 18.2. The first kappa shape index (κ1) is 22.3. The summed E-state index contributed by atoms with van der Waals surface area (Å²) in [6, 6.07) is -0.0562. The summed E-state index contributed by atoms with van der Waals surface area (Å²) < 4.78 is 37.8. The maximum Gasteiger partial charge on any atom is 0.229 e. The number of nitrogens with zero attached hydrogens (tertiary/aromatic N) is 2. The van der Waals surface area contributed by atoms with Gasteiger partial charge in [-0.05, 0) is 32.4 Å². The molecule has 7 unspecified atom stereocenters. The van der Waals surface area contributed by atoms with Crippen LogP contribution in [0.15, 0.2) is 0 Å². The van der Waals surface area contributed by atoms with Gasteiger partial charge in [0.05, 0.1) is 29.5 Å². The first-order chi connectivity index (χ1) is 14.2. The summed E-state index contributed by atoms with van der Waals surface area (Å²) in [4.78, 5) is 15.4. The van der Waals surface area contributed by atoms with Gasteiger partial charge in [-0.3, -0.25) is 15.0 Å². The molecule has 4 heterocycles. The molecule has 0 aliphatic carbocycles. The van der Waals surface area contributed by atoms with Crippen molar-refractivity contribution in [3.63, 3.8) is 0 Å². The molecule has 0 radical (unpaired) electrons. The number of hydrogen-bond donors (Lipinski definition) is 5. The van der Waals surface area contributed by atoms with Crippen LogP contribution >= 0.6 is 0 Å². The van der Waals surface area contributed by atoms with E-state index in [9.17, 15) is 17.6 Å². The third kappa shape index (κ3) is 4.64. The number of hydrazine groups is 1. The fraction of sp³-hybridized carbons (Fsp3) is 0.944. The fourth-order valence-corrected chi connectivity index (χ4v) is 6.36. The summed E-state index contributed by atoms with van der Waals surface area (Å²) in [5, 5.41) is 10.9. The van der Waals surface area contributed by atoms with Crippen molar-refractivity contribution in [3.05, 3.63) is 0 Å². The SMILES string of the molecule is CS(=O)(=O)C1CCCN(C2CCNCC2NC(=O)C2C(N)NN3CC(F)CNC23)C1. The Balaban J connectivity index is 1.43. The molecular formula is C18H34FN7O3S. The van der Waals surface area contributed by atoms with Crippen LogP contribution in [0, 0.1) is 5.92 Å². The number of nitrogens with one attached hydrogen (secondary N) is 4. The van der Waals surface area contributed by atoms with Crippen molar-refractivity contribution in [3.8, 4) is 0 Å². The summed E-state index contributed by atoms with van der Waals surface area (Å²) in [7, 11) is -3.09. The van der Waals surface area contributed by atoms with Gasteiger partial charge < -0.3 is 16.4 Å². The third-order valence-electron chi connectivity index (χ3n) is 6.88. The minimum Gasteiger partial charge on any atom is -0.350 e. The van der Waals surface area contributed by atoms with Crippen LogP contribution < -0.4 is 27.1 Å². The Labute approximate surface area is 177 Å². The molecule has 0 aromatic rings. The molecule has 6 N–H and O–H groups in total. The van der Waals surface area contributed by atoms with Crippen LogP contribution in [0.3, 0.4) is 0 Å². The van der Waals surface area contributed by atoms with Crippen LogP contribution in [0.1, 0.15) is 19.3 Å². The number of carbonyl (C=O) groups excluding carboxylic acids is 1. The molecule has 4 fully saturated rings. The second-order valence-corrected chi connectivity index (χ2v) is 11.4. The Morgan fingerprint density at radius 3 is 2.80 bits per heavy atom. The van der Waals surface area contributed by atoms with Gasteiger partial charge in [-0.2, -0.15) is 0 Å². The van der Waals surface area contributed by atoms with Crippen LogP contribution in [0.4, 0.5) is 4.39 Å². The Morgan fingerprint density at radius 1 is 1.23 bits per heavy atom.